The third-order valence-electron chi connectivity index (χ3n) is 2.20. The van der Waals surface area contributed by atoms with Gasteiger partial charge in [-0.1, -0.05) is 24.3 Å². The fourth-order valence-electron chi connectivity index (χ4n) is 1.51. The van der Waals surface area contributed by atoms with Crippen molar-refractivity contribution in [2.75, 3.05) is 6.54 Å². The lowest BCUT2D eigenvalue weighted by Crippen LogP contribution is -2.14. The average Bonchev–Trinajstić information content (AvgIpc) is 2.26. The van der Waals surface area contributed by atoms with E-state index in [0.29, 0.717) is 0 Å². The van der Waals surface area contributed by atoms with Gasteiger partial charge in [-0.2, -0.15) is 0 Å². The summed E-state index contributed by atoms with van der Waals surface area (Å²) in [6.07, 6.45) is 6.06. The van der Waals surface area contributed by atoms with Gasteiger partial charge >= 0.3 is 0 Å². The van der Waals surface area contributed by atoms with E-state index in [2.05, 4.69) is 47.9 Å². The van der Waals surface area contributed by atoms with E-state index in [9.17, 15) is 0 Å². The fourth-order valence-corrected chi connectivity index (χ4v) is 1.51. The summed E-state index contributed by atoms with van der Waals surface area (Å²) < 4.78 is 0. The van der Waals surface area contributed by atoms with Crippen molar-refractivity contribution in [1.29, 1.82) is 0 Å². The number of hydrogen-bond acceptors (Lipinski definition) is 2. The molecule has 2 heteroatoms. The molecule has 0 saturated heterocycles. The fraction of sp³-hybridized carbons (Fsp3) is 0.167. The molecule has 0 saturated carbocycles. The zero-order valence-corrected chi connectivity index (χ0v) is 8.25. The van der Waals surface area contributed by atoms with Crippen LogP contribution in [0.4, 0.5) is 0 Å². The van der Waals surface area contributed by atoms with Crippen molar-refractivity contribution in [2.45, 2.75) is 6.92 Å². The average molecular weight is 186 g/mol. The number of rotatable bonds is 2. The Morgan fingerprint density at radius 1 is 1.36 bits per heavy atom. The van der Waals surface area contributed by atoms with Crippen molar-refractivity contribution in [3.8, 4) is 0 Å². The largest absolute Gasteiger partial charge is 0.389 e. The standard InChI is InChI=1S/C12H14N2/c1-2-13-9-12-11-6-4-3-5-10(11)7-8-14-12/h3-9,13-14H,2H2,1H3/b12-9-. The van der Waals surface area contributed by atoms with Gasteiger partial charge in [-0.05, 0) is 18.6 Å². The lowest BCUT2D eigenvalue weighted by molar-refractivity contribution is 0.913. The van der Waals surface area contributed by atoms with Gasteiger partial charge in [0.1, 0.15) is 0 Å². The lowest BCUT2D eigenvalue weighted by Gasteiger charge is -2.15. The summed E-state index contributed by atoms with van der Waals surface area (Å²) in [5.74, 6) is 0. The molecule has 0 fully saturated rings. The molecule has 0 atom stereocenters. The summed E-state index contributed by atoms with van der Waals surface area (Å²) in [5, 5.41) is 6.43. The van der Waals surface area contributed by atoms with Crippen molar-refractivity contribution < 1.29 is 0 Å². The van der Waals surface area contributed by atoms with Crippen LogP contribution < -0.4 is 10.6 Å². The van der Waals surface area contributed by atoms with Crippen molar-refractivity contribution in [3.05, 3.63) is 47.8 Å². The molecule has 2 rings (SSSR count). The molecule has 1 heterocycles. The van der Waals surface area contributed by atoms with Gasteiger partial charge in [0.25, 0.3) is 0 Å². The van der Waals surface area contributed by atoms with E-state index >= 15 is 0 Å². The second-order valence-electron chi connectivity index (χ2n) is 3.18. The summed E-state index contributed by atoms with van der Waals surface area (Å²) in [5.41, 5.74) is 3.64. The number of fused-ring (bicyclic) bond motifs is 1. The van der Waals surface area contributed by atoms with Crippen LogP contribution in [-0.2, 0) is 0 Å². The molecule has 1 aliphatic heterocycles. The number of hydrogen-bond donors (Lipinski definition) is 2. The topological polar surface area (TPSA) is 24.1 Å². The Hall–Kier alpha value is -1.70. The summed E-state index contributed by atoms with van der Waals surface area (Å²) >= 11 is 0. The van der Waals surface area contributed by atoms with Crippen LogP contribution in [0.3, 0.4) is 0 Å². The van der Waals surface area contributed by atoms with Gasteiger partial charge < -0.3 is 10.6 Å². The minimum Gasteiger partial charge on any atom is -0.389 e. The van der Waals surface area contributed by atoms with E-state index in [0.717, 1.165) is 12.2 Å². The Kier molecular flexibility index (Phi) is 2.54. The first kappa shape index (κ1) is 8.88. The number of nitrogens with one attached hydrogen (secondary N) is 2. The van der Waals surface area contributed by atoms with E-state index in [-0.39, 0.29) is 0 Å². The van der Waals surface area contributed by atoms with E-state index in [1.165, 1.54) is 11.1 Å². The Labute approximate surface area is 84.3 Å². The highest BCUT2D eigenvalue weighted by Crippen LogP contribution is 2.21. The van der Waals surface area contributed by atoms with Crippen molar-refractivity contribution in [2.24, 2.45) is 0 Å². The van der Waals surface area contributed by atoms with Gasteiger partial charge in [-0.25, -0.2) is 0 Å². The maximum absolute atomic E-state index is 3.23. The monoisotopic (exact) mass is 186 g/mol. The van der Waals surface area contributed by atoms with E-state index in [1.807, 2.05) is 12.4 Å². The Morgan fingerprint density at radius 2 is 2.21 bits per heavy atom. The van der Waals surface area contributed by atoms with Crippen LogP contribution in [0.2, 0.25) is 0 Å². The van der Waals surface area contributed by atoms with Crippen LogP contribution in [0, 0.1) is 0 Å². The van der Waals surface area contributed by atoms with Crippen molar-refractivity contribution >= 4 is 11.8 Å². The van der Waals surface area contributed by atoms with Crippen LogP contribution in [0.25, 0.3) is 11.8 Å². The highest BCUT2D eigenvalue weighted by Gasteiger charge is 2.07. The maximum Gasteiger partial charge on any atom is 0.0618 e. The van der Waals surface area contributed by atoms with Crippen LogP contribution in [0.1, 0.15) is 18.1 Å². The van der Waals surface area contributed by atoms with Crippen molar-refractivity contribution in [3.63, 3.8) is 0 Å². The second-order valence-corrected chi connectivity index (χ2v) is 3.18. The zero-order valence-electron chi connectivity index (χ0n) is 8.25. The highest BCUT2D eigenvalue weighted by molar-refractivity contribution is 5.77. The van der Waals surface area contributed by atoms with Crippen LogP contribution >= 0.6 is 0 Å². The minimum absolute atomic E-state index is 0.942. The Morgan fingerprint density at radius 3 is 3.07 bits per heavy atom. The van der Waals surface area contributed by atoms with E-state index in [4.69, 9.17) is 0 Å². The first-order chi connectivity index (χ1) is 6.92. The first-order valence-corrected chi connectivity index (χ1v) is 4.88. The quantitative estimate of drug-likeness (QED) is 0.739. The molecule has 0 bridgehead atoms. The Balaban J connectivity index is 2.36. The van der Waals surface area contributed by atoms with Crippen LogP contribution in [0.5, 0.6) is 0 Å². The maximum atomic E-state index is 3.23. The lowest BCUT2D eigenvalue weighted by atomic mass is 10.0. The van der Waals surface area contributed by atoms with Crippen molar-refractivity contribution in [1.82, 2.24) is 10.6 Å². The van der Waals surface area contributed by atoms with Gasteiger partial charge in [0.2, 0.25) is 0 Å². The van der Waals surface area contributed by atoms with Gasteiger partial charge in [0.05, 0.1) is 5.70 Å². The zero-order chi connectivity index (χ0) is 9.80. The predicted molar refractivity (Wildman–Crippen MR) is 60.3 cm³/mol. The molecule has 1 aromatic rings. The van der Waals surface area contributed by atoms with Gasteiger partial charge in [0, 0.05) is 24.5 Å². The molecule has 1 aliphatic rings. The van der Waals surface area contributed by atoms with Crippen LogP contribution in [-0.4, -0.2) is 6.54 Å². The third-order valence-corrected chi connectivity index (χ3v) is 2.20. The normalized spacial score (nSPS) is 16.2. The molecular formula is C12H14N2. The molecule has 0 aliphatic carbocycles. The van der Waals surface area contributed by atoms with E-state index < -0.39 is 0 Å². The first-order valence-electron chi connectivity index (χ1n) is 4.88. The molecule has 0 unspecified atom stereocenters. The SMILES string of the molecule is CCN/C=C1\NC=Cc2ccccc21. The second kappa shape index (κ2) is 4.01. The molecule has 72 valence electrons. The molecule has 1 aromatic carbocycles. The molecular weight excluding hydrogens is 172 g/mol. The molecule has 0 amide bonds. The third kappa shape index (κ3) is 1.64. The minimum atomic E-state index is 0.942. The van der Waals surface area contributed by atoms with E-state index in [1.54, 1.807) is 0 Å². The smallest absolute Gasteiger partial charge is 0.0618 e. The summed E-state index contributed by atoms with van der Waals surface area (Å²) in [7, 11) is 0. The van der Waals surface area contributed by atoms with Gasteiger partial charge in [-0.15, -0.1) is 0 Å². The molecule has 14 heavy (non-hydrogen) atoms. The predicted octanol–water partition coefficient (Wildman–Crippen LogP) is 2.17. The molecule has 2 nitrogen and oxygen atoms in total. The number of benzene rings is 1. The molecule has 0 aromatic heterocycles. The summed E-state index contributed by atoms with van der Waals surface area (Å²) in [4.78, 5) is 0. The van der Waals surface area contributed by atoms with Gasteiger partial charge in [-0.3, -0.25) is 0 Å². The summed E-state index contributed by atoms with van der Waals surface area (Å²) in [6.45, 7) is 3.03. The van der Waals surface area contributed by atoms with Crippen LogP contribution in [0.15, 0.2) is 36.7 Å². The molecule has 2 N–H and O–H groups in total. The molecule has 0 spiro atoms. The highest BCUT2D eigenvalue weighted by atomic mass is 14.9. The summed E-state index contributed by atoms with van der Waals surface area (Å²) in [6, 6.07) is 8.35. The Bertz CT molecular complexity index is 378. The molecule has 0 radical (unpaired) electrons. The van der Waals surface area contributed by atoms with Gasteiger partial charge in [0.15, 0.2) is 0 Å².